The van der Waals surface area contributed by atoms with Gasteiger partial charge in [-0.1, -0.05) is 38.1 Å². The van der Waals surface area contributed by atoms with E-state index in [0.717, 1.165) is 25.9 Å². The summed E-state index contributed by atoms with van der Waals surface area (Å²) in [4.78, 5) is 14.5. The van der Waals surface area contributed by atoms with Crippen LogP contribution in [0.15, 0.2) is 24.3 Å². The molecule has 1 N–H and O–H groups in total. The minimum Gasteiger partial charge on any atom is -0.331 e. The summed E-state index contributed by atoms with van der Waals surface area (Å²) in [5.41, 5.74) is 2.69. The van der Waals surface area contributed by atoms with E-state index in [1.165, 1.54) is 17.5 Å². The average molecular weight is 272 g/mol. The fraction of sp³-hybridized carbons (Fsp3) is 0.588. The van der Waals surface area contributed by atoms with Crippen LogP contribution in [0.2, 0.25) is 0 Å². The zero-order chi connectivity index (χ0) is 14.1. The number of aryl methyl sites for hydroxylation is 1. The van der Waals surface area contributed by atoms with Crippen molar-refractivity contribution in [3.8, 4) is 0 Å². The second-order valence-corrected chi connectivity index (χ2v) is 6.59. The van der Waals surface area contributed by atoms with Gasteiger partial charge in [-0.2, -0.15) is 0 Å². The maximum Gasteiger partial charge on any atom is 0.317 e. The first kappa shape index (κ1) is 13.5. The number of hydrogen-bond donors (Lipinski definition) is 1. The Bertz CT molecular complexity index is 490. The van der Waals surface area contributed by atoms with E-state index in [-0.39, 0.29) is 12.1 Å². The Balaban J connectivity index is 1.65. The minimum atomic E-state index is 0.116. The molecule has 3 atom stereocenters. The standard InChI is InChI=1S/C17H24N2O/c1-12-9-13(2)11-19(10-12)17(20)18-16-8-7-14-5-3-4-6-15(14)16/h3-6,12-13,16H,7-11H2,1-2H3,(H,18,20). The maximum atomic E-state index is 12.5. The molecule has 1 aromatic rings. The van der Waals surface area contributed by atoms with Crippen molar-refractivity contribution in [2.24, 2.45) is 11.8 Å². The highest BCUT2D eigenvalue weighted by Gasteiger charge is 2.29. The lowest BCUT2D eigenvalue weighted by molar-refractivity contribution is 0.143. The Morgan fingerprint density at radius 1 is 1.20 bits per heavy atom. The molecule has 2 amide bonds. The van der Waals surface area contributed by atoms with Crippen LogP contribution in [0.1, 0.15) is 43.9 Å². The molecule has 3 nitrogen and oxygen atoms in total. The van der Waals surface area contributed by atoms with Crippen molar-refractivity contribution in [2.45, 2.75) is 39.2 Å². The lowest BCUT2D eigenvalue weighted by atomic mass is 9.92. The van der Waals surface area contributed by atoms with Crippen molar-refractivity contribution >= 4 is 6.03 Å². The Labute approximate surface area is 121 Å². The molecule has 1 heterocycles. The van der Waals surface area contributed by atoms with Gasteiger partial charge < -0.3 is 10.2 Å². The zero-order valence-corrected chi connectivity index (χ0v) is 12.4. The first-order valence-electron chi connectivity index (χ1n) is 7.76. The molecule has 0 aromatic heterocycles. The van der Waals surface area contributed by atoms with Crippen LogP contribution in [-0.4, -0.2) is 24.0 Å². The van der Waals surface area contributed by atoms with Gasteiger partial charge in [-0.3, -0.25) is 0 Å². The van der Waals surface area contributed by atoms with Gasteiger partial charge in [-0.05, 0) is 42.2 Å². The molecule has 3 heteroatoms. The van der Waals surface area contributed by atoms with E-state index in [0.29, 0.717) is 11.8 Å². The van der Waals surface area contributed by atoms with Crippen LogP contribution in [0.5, 0.6) is 0 Å². The van der Waals surface area contributed by atoms with Crippen molar-refractivity contribution in [3.63, 3.8) is 0 Å². The summed E-state index contributed by atoms with van der Waals surface area (Å²) in [6.07, 6.45) is 3.34. The summed E-state index contributed by atoms with van der Waals surface area (Å²) in [5, 5.41) is 3.23. The fourth-order valence-electron chi connectivity index (χ4n) is 3.78. The number of benzene rings is 1. The molecule has 1 aliphatic carbocycles. The van der Waals surface area contributed by atoms with Crippen LogP contribution < -0.4 is 5.32 Å². The number of nitrogens with one attached hydrogen (secondary N) is 1. The van der Waals surface area contributed by atoms with Crippen LogP contribution in [0.3, 0.4) is 0 Å². The van der Waals surface area contributed by atoms with E-state index in [2.05, 4.69) is 43.4 Å². The minimum absolute atomic E-state index is 0.116. The summed E-state index contributed by atoms with van der Waals surface area (Å²) in [6.45, 7) is 6.26. The van der Waals surface area contributed by atoms with E-state index in [4.69, 9.17) is 0 Å². The van der Waals surface area contributed by atoms with E-state index < -0.39 is 0 Å². The Morgan fingerprint density at radius 2 is 1.90 bits per heavy atom. The molecular formula is C17H24N2O. The van der Waals surface area contributed by atoms with Crippen molar-refractivity contribution in [3.05, 3.63) is 35.4 Å². The van der Waals surface area contributed by atoms with E-state index in [9.17, 15) is 4.79 Å². The number of rotatable bonds is 1. The largest absolute Gasteiger partial charge is 0.331 e. The van der Waals surface area contributed by atoms with Crippen LogP contribution in [0.4, 0.5) is 4.79 Å². The molecule has 0 radical (unpaired) electrons. The third-order valence-corrected chi connectivity index (χ3v) is 4.59. The maximum absolute atomic E-state index is 12.5. The van der Waals surface area contributed by atoms with E-state index in [1.807, 2.05) is 4.90 Å². The molecule has 1 fully saturated rings. The van der Waals surface area contributed by atoms with Gasteiger partial charge in [0, 0.05) is 13.1 Å². The Kier molecular flexibility index (Phi) is 3.68. The van der Waals surface area contributed by atoms with Gasteiger partial charge in [0.1, 0.15) is 0 Å². The van der Waals surface area contributed by atoms with Gasteiger partial charge in [-0.25, -0.2) is 4.79 Å². The number of piperidine rings is 1. The number of amides is 2. The summed E-state index contributed by atoms with van der Waals surface area (Å²) < 4.78 is 0. The van der Waals surface area contributed by atoms with Crippen molar-refractivity contribution in [1.82, 2.24) is 10.2 Å². The number of carbonyl (C=O) groups is 1. The van der Waals surface area contributed by atoms with Gasteiger partial charge in [0.25, 0.3) is 0 Å². The lowest BCUT2D eigenvalue weighted by Gasteiger charge is -2.35. The van der Waals surface area contributed by atoms with Gasteiger partial charge in [-0.15, -0.1) is 0 Å². The fourth-order valence-corrected chi connectivity index (χ4v) is 3.78. The number of nitrogens with zero attached hydrogens (tertiary/aromatic N) is 1. The zero-order valence-electron chi connectivity index (χ0n) is 12.4. The van der Waals surface area contributed by atoms with Crippen LogP contribution in [0.25, 0.3) is 0 Å². The highest BCUT2D eigenvalue weighted by atomic mass is 16.2. The van der Waals surface area contributed by atoms with Gasteiger partial charge in [0.05, 0.1) is 6.04 Å². The van der Waals surface area contributed by atoms with Crippen LogP contribution >= 0.6 is 0 Å². The summed E-state index contributed by atoms with van der Waals surface area (Å²) in [6, 6.07) is 8.78. The number of urea groups is 1. The predicted octanol–water partition coefficient (Wildman–Crippen LogP) is 3.36. The lowest BCUT2D eigenvalue weighted by Crippen LogP contribution is -2.48. The van der Waals surface area contributed by atoms with Gasteiger partial charge >= 0.3 is 6.03 Å². The summed E-state index contributed by atoms with van der Waals surface area (Å²) in [5.74, 6) is 1.22. The van der Waals surface area contributed by atoms with Crippen molar-refractivity contribution in [2.75, 3.05) is 13.1 Å². The highest BCUT2D eigenvalue weighted by molar-refractivity contribution is 5.75. The quantitative estimate of drug-likeness (QED) is 0.835. The SMILES string of the molecule is CC1CC(C)CN(C(=O)NC2CCc3ccccc32)C1. The first-order valence-corrected chi connectivity index (χ1v) is 7.76. The topological polar surface area (TPSA) is 32.3 Å². The van der Waals surface area contributed by atoms with E-state index >= 15 is 0 Å². The number of fused-ring (bicyclic) bond motifs is 1. The molecule has 1 aliphatic heterocycles. The number of hydrogen-bond acceptors (Lipinski definition) is 1. The summed E-state index contributed by atoms with van der Waals surface area (Å²) >= 11 is 0. The average Bonchev–Trinajstić information content (AvgIpc) is 2.81. The molecule has 2 aliphatic rings. The van der Waals surface area contributed by atoms with Crippen molar-refractivity contribution in [1.29, 1.82) is 0 Å². The normalized spacial score (nSPS) is 29.1. The molecule has 3 unspecified atom stereocenters. The first-order chi connectivity index (χ1) is 9.63. The molecule has 1 saturated heterocycles. The van der Waals surface area contributed by atoms with Crippen LogP contribution in [-0.2, 0) is 6.42 Å². The summed E-state index contributed by atoms with van der Waals surface area (Å²) in [7, 11) is 0. The molecule has 1 aromatic carbocycles. The van der Waals surface area contributed by atoms with Crippen molar-refractivity contribution < 1.29 is 4.79 Å². The molecular weight excluding hydrogens is 248 g/mol. The third-order valence-electron chi connectivity index (χ3n) is 4.59. The second kappa shape index (κ2) is 5.47. The molecule has 108 valence electrons. The Morgan fingerprint density at radius 3 is 2.65 bits per heavy atom. The highest BCUT2D eigenvalue weighted by Crippen LogP contribution is 2.31. The molecule has 3 rings (SSSR count). The van der Waals surface area contributed by atoms with Gasteiger partial charge in [0.15, 0.2) is 0 Å². The molecule has 0 spiro atoms. The second-order valence-electron chi connectivity index (χ2n) is 6.59. The number of carbonyl (C=O) groups excluding carboxylic acids is 1. The number of likely N-dealkylation sites (tertiary alicyclic amines) is 1. The predicted molar refractivity (Wildman–Crippen MR) is 80.6 cm³/mol. The van der Waals surface area contributed by atoms with Crippen LogP contribution in [0, 0.1) is 11.8 Å². The van der Waals surface area contributed by atoms with Gasteiger partial charge in [0.2, 0.25) is 0 Å². The molecule has 20 heavy (non-hydrogen) atoms. The smallest absolute Gasteiger partial charge is 0.317 e. The molecule has 0 saturated carbocycles. The van der Waals surface area contributed by atoms with E-state index in [1.54, 1.807) is 0 Å². The molecule has 0 bridgehead atoms. The monoisotopic (exact) mass is 272 g/mol. The third kappa shape index (κ3) is 2.67. The Hall–Kier alpha value is -1.51.